The number of nitrogens with zero attached hydrogens (tertiary/aromatic N) is 7. The third kappa shape index (κ3) is 3.82. The van der Waals surface area contributed by atoms with Crippen molar-refractivity contribution in [3.8, 4) is 17.6 Å². The molecule has 0 N–H and O–H groups in total. The van der Waals surface area contributed by atoms with E-state index in [-0.39, 0.29) is 6.04 Å². The molecule has 3 aromatic rings. The third-order valence-electron chi connectivity index (χ3n) is 5.30. The van der Waals surface area contributed by atoms with Gasteiger partial charge in [0.05, 0.1) is 42.8 Å². The Kier molecular flexibility index (Phi) is 6.27. The first kappa shape index (κ1) is 22.2. The molecule has 158 valence electrons. The molecule has 8 nitrogen and oxygen atoms in total. The van der Waals surface area contributed by atoms with Gasteiger partial charge < -0.3 is 9.64 Å². The van der Waals surface area contributed by atoms with Crippen LogP contribution in [0.15, 0.2) is 12.1 Å². The zero-order valence-electron chi connectivity index (χ0n) is 17.1. The quantitative estimate of drug-likeness (QED) is 0.310. The molecular formula is C19H22I2N7OP. The van der Waals surface area contributed by atoms with Crippen LogP contribution in [0.4, 0.5) is 5.82 Å². The summed E-state index contributed by atoms with van der Waals surface area (Å²) in [5.74, 6) is 1.59. The number of anilines is 1. The molecule has 3 aromatic heterocycles. The summed E-state index contributed by atoms with van der Waals surface area (Å²) in [6, 6.07) is 6.76. The van der Waals surface area contributed by atoms with Crippen LogP contribution >= 0.6 is 51.0 Å². The van der Waals surface area contributed by atoms with Crippen LogP contribution in [0.2, 0.25) is 0 Å². The Morgan fingerprint density at radius 3 is 2.77 bits per heavy atom. The Labute approximate surface area is 203 Å². The fourth-order valence-electron chi connectivity index (χ4n) is 3.67. The van der Waals surface area contributed by atoms with Gasteiger partial charge >= 0.3 is 0 Å². The summed E-state index contributed by atoms with van der Waals surface area (Å²) >= 11 is 4.57. The molecule has 2 atom stereocenters. The molecule has 1 saturated heterocycles. The van der Waals surface area contributed by atoms with Crippen LogP contribution in [0.25, 0.3) is 17.0 Å². The Bertz CT molecular complexity index is 1150. The van der Waals surface area contributed by atoms with Gasteiger partial charge in [0.15, 0.2) is 5.82 Å². The van der Waals surface area contributed by atoms with E-state index in [4.69, 9.17) is 14.8 Å². The lowest BCUT2D eigenvalue weighted by Crippen LogP contribution is -2.44. The van der Waals surface area contributed by atoms with Gasteiger partial charge in [-0.05, 0) is 84.5 Å². The molecule has 0 aromatic carbocycles. The molecule has 0 saturated carbocycles. The van der Waals surface area contributed by atoms with E-state index in [9.17, 15) is 5.26 Å². The molecule has 0 amide bonds. The average molecular weight is 649 g/mol. The second-order valence-corrected chi connectivity index (χ2v) is 11.0. The number of morpholine rings is 1. The Morgan fingerprint density at radius 1 is 1.33 bits per heavy atom. The van der Waals surface area contributed by atoms with Crippen molar-refractivity contribution in [2.75, 3.05) is 24.7 Å². The van der Waals surface area contributed by atoms with Crippen molar-refractivity contribution in [2.24, 2.45) is 0 Å². The van der Waals surface area contributed by atoms with E-state index in [0.717, 1.165) is 44.4 Å². The van der Waals surface area contributed by atoms with Gasteiger partial charge in [-0.1, -0.05) is 0 Å². The molecule has 1 aliphatic heterocycles. The number of halogens is 2. The van der Waals surface area contributed by atoms with Gasteiger partial charge in [-0.3, -0.25) is 0 Å². The van der Waals surface area contributed by atoms with Crippen molar-refractivity contribution in [3.05, 3.63) is 27.1 Å². The second kappa shape index (κ2) is 8.48. The molecule has 30 heavy (non-hydrogen) atoms. The van der Waals surface area contributed by atoms with Gasteiger partial charge in [0.25, 0.3) is 0 Å². The van der Waals surface area contributed by atoms with Gasteiger partial charge in [-0.15, -0.1) is 5.10 Å². The SMILES string of the molecule is Cc1cc(-c2nc(I)c3c(C(C)(C)C#N)cc(N4CCOC[C@H]4C)nn23)n(PI)n1. The van der Waals surface area contributed by atoms with E-state index in [1.165, 1.54) is 0 Å². The number of rotatable bonds is 4. The molecule has 0 bridgehead atoms. The lowest BCUT2D eigenvalue weighted by Gasteiger charge is -2.35. The number of imidazole rings is 1. The minimum Gasteiger partial charge on any atom is -0.377 e. The van der Waals surface area contributed by atoms with Crippen LogP contribution in [0.1, 0.15) is 32.0 Å². The number of ether oxygens (including phenoxy) is 1. The van der Waals surface area contributed by atoms with Gasteiger partial charge in [0.1, 0.15) is 20.7 Å². The highest BCUT2D eigenvalue weighted by Gasteiger charge is 2.31. The van der Waals surface area contributed by atoms with Gasteiger partial charge in [0, 0.05) is 12.1 Å². The molecule has 1 unspecified atom stereocenters. The van der Waals surface area contributed by atoms with Crippen LogP contribution in [0.5, 0.6) is 0 Å². The Morgan fingerprint density at radius 2 is 2.10 bits per heavy atom. The van der Waals surface area contributed by atoms with Crippen molar-refractivity contribution in [1.29, 1.82) is 5.26 Å². The summed E-state index contributed by atoms with van der Waals surface area (Å²) in [6.45, 7) is 10.1. The summed E-state index contributed by atoms with van der Waals surface area (Å²) in [4.78, 5) is 7.12. The predicted octanol–water partition coefficient (Wildman–Crippen LogP) is 4.32. The van der Waals surface area contributed by atoms with Crippen molar-refractivity contribution in [1.82, 2.24) is 24.1 Å². The number of nitriles is 1. The second-order valence-electron chi connectivity index (χ2n) is 7.92. The maximum Gasteiger partial charge on any atom is 0.181 e. The lowest BCUT2D eigenvalue weighted by molar-refractivity contribution is 0.0984. The topological polar surface area (TPSA) is 84.3 Å². The van der Waals surface area contributed by atoms with Crippen molar-refractivity contribution in [3.63, 3.8) is 0 Å². The van der Waals surface area contributed by atoms with E-state index in [1.807, 2.05) is 35.8 Å². The van der Waals surface area contributed by atoms with Crippen molar-refractivity contribution in [2.45, 2.75) is 39.2 Å². The average Bonchev–Trinajstić information content (AvgIpc) is 3.27. The molecule has 4 heterocycles. The molecule has 0 radical (unpaired) electrons. The fraction of sp³-hybridized carbons (Fsp3) is 0.474. The smallest absolute Gasteiger partial charge is 0.181 e. The van der Waals surface area contributed by atoms with Crippen LogP contribution in [-0.2, 0) is 10.2 Å². The highest BCUT2D eigenvalue weighted by molar-refractivity contribution is 14.2. The summed E-state index contributed by atoms with van der Waals surface area (Å²) in [7, 11) is 0. The number of aromatic nitrogens is 5. The molecule has 11 heteroatoms. The molecule has 1 aliphatic rings. The summed E-state index contributed by atoms with van der Waals surface area (Å²) in [5, 5.41) is 19.5. The van der Waals surface area contributed by atoms with E-state index in [0.29, 0.717) is 19.6 Å². The minimum atomic E-state index is -0.688. The number of hydrogen-bond donors (Lipinski definition) is 0. The predicted molar refractivity (Wildman–Crippen MR) is 136 cm³/mol. The normalized spacial score (nSPS) is 17.9. The van der Waals surface area contributed by atoms with Crippen LogP contribution < -0.4 is 4.90 Å². The zero-order valence-corrected chi connectivity index (χ0v) is 22.5. The first-order valence-corrected chi connectivity index (χ1v) is 14.7. The molecule has 0 aliphatic carbocycles. The molecule has 0 spiro atoms. The van der Waals surface area contributed by atoms with Gasteiger partial charge in [0.2, 0.25) is 0 Å². The van der Waals surface area contributed by atoms with Crippen LogP contribution in [0, 0.1) is 22.0 Å². The highest BCUT2D eigenvalue weighted by atomic mass is 127. The highest BCUT2D eigenvalue weighted by Crippen LogP contribution is 2.37. The summed E-state index contributed by atoms with van der Waals surface area (Å²) in [5.41, 5.74) is 2.99. The van der Waals surface area contributed by atoms with E-state index >= 15 is 0 Å². The van der Waals surface area contributed by atoms with Crippen LogP contribution in [0.3, 0.4) is 0 Å². The number of hydrogen-bond acceptors (Lipinski definition) is 6. The Balaban J connectivity index is 2.03. The summed E-state index contributed by atoms with van der Waals surface area (Å²) < 4.78 is 10.3. The fourth-order valence-corrected chi connectivity index (χ4v) is 5.97. The van der Waals surface area contributed by atoms with Crippen molar-refractivity contribution < 1.29 is 4.74 Å². The molecular weight excluding hydrogens is 627 g/mol. The van der Waals surface area contributed by atoms with Gasteiger partial charge in [-0.25, -0.2) is 14.0 Å². The largest absolute Gasteiger partial charge is 0.377 e. The zero-order chi connectivity index (χ0) is 21.6. The van der Waals surface area contributed by atoms with Crippen LogP contribution in [-0.4, -0.2) is 49.9 Å². The summed E-state index contributed by atoms with van der Waals surface area (Å²) in [6.07, 6.45) is 0.452. The maximum atomic E-state index is 9.91. The lowest BCUT2D eigenvalue weighted by atomic mass is 9.86. The first-order chi connectivity index (χ1) is 14.3. The van der Waals surface area contributed by atoms with Crippen molar-refractivity contribution >= 4 is 62.3 Å². The minimum absolute atomic E-state index is 0.205. The van der Waals surface area contributed by atoms with E-state index < -0.39 is 5.41 Å². The van der Waals surface area contributed by atoms with E-state index in [1.54, 1.807) is 0 Å². The molecule has 1 fully saturated rings. The van der Waals surface area contributed by atoms with Gasteiger partial charge in [-0.2, -0.15) is 10.4 Å². The van der Waals surface area contributed by atoms with E-state index in [2.05, 4.69) is 73.7 Å². The monoisotopic (exact) mass is 649 g/mol. The molecule has 4 rings (SSSR count). The first-order valence-electron chi connectivity index (χ1n) is 9.56. The number of fused-ring (bicyclic) bond motifs is 1. The Hall–Kier alpha value is -1.03. The number of aryl methyl sites for hydroxylation is 1. The standard InChI is InChI=1S/C19H22I2N7OP/c1-11-7-14(28(24-11)30-21)18-23-17(20)16-13(19(3,4)10-22)8-15(25-27(16)18)26-5-6-29-9-12(26)2/h7-8,12,30H,5-6,9H2,1-4H3/t12-/m1/s1. The maximum absolute atomic E-state index is 9.91. The third-order valence-corrected chi connectivity index (χ3v) is 7.92.